The minimum Gasteiger partial charge on any atom is -0.377 e. The number of pyridine rings is 1. The molecule has 1 heterocycles. The van der Waals surface area contributed by atoms with Gasteiger partial charge in [-0.2, -0.15) is 0 Å². The van der Waals surface area contributed by atoms with Crippen molar-refractivity contribution in [3.8, 4) is 0 Å². The van der Waals surface area contributed by atoms with Gasteiger partial charge in [-0.1, -0.05) is 36.2 Å². The first kappa shape index (κ1) is 14.2. The van der Waals surface area contributed by atoms with Crippen LogP contribution in [0.3, 0.4) is 0 Å². The molecule has 2 rings (SSSR count). The van der Waals surface area contributed by atoms with Crippen molar-refractivity contribution >= 4 is 28.9 Å². The van der Waals surface area contributed by atoms with E-state index in [2.05, 4.69) is 24.1 Å². The fourth-order valence-electron chi connectivity index (χ4n) is 1.99. The summed E-state index contributed by atoms with van der Waals surface area (Å²) >= 11 is 12.2. The molecule has 0 amide bonds. The van der Waals surface area contributed by atoms with Gasteiger partial charge in [-0.15, -0.1) is 0 Å². The van der Waals surface area contributed by atoms with E-state index in [1.54, 1.807) is 12.3 Å². The number of aryl methyl sites for hydroxylation is 1. The van der Waals surface area contributed by atoms with E-state index in [0.717, 1.165) is 17.7 Å². The monoisotopic (exact) mass is 294 g/mol. The fourth-order valence-corrected chi connectivity index (χ4v) is 2.53. The second kappa shape index (κ2) is 6.27. The molecule has 4 heteroatoms. The standard InChI is InChI=1S/C15H16Cl2N2/c1-3-14(12-5-4-11(16)8-13(12)17)19-15-9-18-7-6-10(15)2/h4-9,14,19H,3H2,1-2H3. The van der Waals surface area contributed by atoms with E-state index in [1.807, 2.05) is 24.4 Å². The summed E-state index contributed by atoms with van der Waals surface area (Å²) in [5.74, 6) is 0. The lowest BCUT2D eigenvalue weighted by atomic mass is 10.0. The Morgan fingerprint density at radius 3 is 2.68 bits per heavy atom. The highest BCUT2D eigenvalue weighted by atomic mass is 35.5. The van der Waals surface area contributed by atoms with Gasteiger partial charge < -0.3 is 5.32 Å². The van der Waals surface area contributed by atoms with Gasteiger partial charge >= 0.3 is 0 Å². The number of halogens is 2. The summed E-state index contributed by atoms with van der Waals surface area (Å²) in [6.45, 7) is 4.18. The van der Waals surface area contributed by atoms with Crippen LogP contribution in [0, 0.1) is 6.92 Å². The molecule has 2 nitrogen and oxygen atoms in total. The van der Waals surface area contributed by atoms with E-state index in [0.29, 0.717) is 10.0 Å². The summed E-state index contributed by atoms with van der Waals surface area (Å²) in [7, 11) is 0. The molecule has 0 saturated heterocycles. The normalized spacial score (nSPS) is 12.2. The maximum absolute atomic E-state index is 6.27. The maximum atomic E-state index is 6.27. The SMILES string of the molecule is CCC(Nc1cnccc1C)c1ccc(Cl)cc1Cl. The van der Waals surface area contributed by atoms with Crippen molar-refractivity contribution in [1.29, 1.82) is 0 Å². The summed E-state index contributed by atoms with van der Waals surface area (Å²) < 4.78 is 0. The summed E-state index contributed by atoms with van der Waals surface area (Å²) in [4.78, 5) is 4.15. The molecule has 1 atom stereocenters. The molecule has 0 spiro atoms. The lowest BCUT2D eigenvalue weighted by Gasteiger charge is -2.21. The molecule has 0 radical (unpaired) electrons. The number of nitrogens with zero attached hydrogens (tertiary/aromatic N) is 1. The highest BCUT2D eigenvalue weighted by molar-refractivity contribution is 6.35. The molecule has 1 N–H and O–H groups in total. The first-order valence-electron chi connectivity index (χ1n) is 6.24. The van der Waals surface area contributed by atoms with E-state index >= 15 is 0 Å². The van der Waals surface area contributed by atoms with E-state index in [9.17, 15) is 0 Å². The van der Waals surface area contributed by atoms with Gasteiger partial charge in [-0.05, 0) is 42.7 Å². The van der Waals surface area contributed by atoms with Crippen molar-refractivity contribution in [3.05, 3.63) is 57.8 Å². The largest absolute Gasteiger partial charge is 0.377 e. The number of rotatable bonds is 4. The smallest absolute Gasteiger partial charge is 0.0561 e. The van der Waals surface area contributed by atoms with Crippen LogP contribution in [0.4, 0.5) is 5.69 Å². The van der Waals surface area contributed by atoms with Crippen LogP contribution in [0.5, 0.6) is 0 Å². The van der Waals surface area contributed by atoms with Crippen LogP contribution in [-0.2, 0) is 0 Å². The molecule has 0 aliphatic rings. The number of benzene rings is 1. The predicted octanol–water partition coefficient (Wildman–Crippen LogP) is 5.26. The number of hydrogen-bond acceptors (Lipinski definition) is 2. The zero-order valence-electron chi connectivity index (χ0n) is 11.0. The average molecular weight is 295 g/mol. The van der Waals surface area contributed by atoms with Crippen LogP contribution in [0.2, 0.25) is 10.0 Å². The second-order valence-corrected chi connectivity index (χ2v) is 5.31. The molecule has 1 unspecified atom stereocenters. The predicted molar refractivity (Wildman–Crippen MR) is 82.1 cm³/mol. The Balaban J connectivity index is 2.28. The number of hydrogen-bond donors (Lipinski definition) is 1. The van der Waals surface area contributed by atoms with E-state index in [1.165, 1.54) is 5.56 Å². The Morgan fingerprint density at radius 1 is 1.26 bits per heavy atom. The minimum absolute atomic E-state index is 0.146. The molecule has 0 aliphatic heterocycles. The number of aromatic nitrogens is 1. The van der Waals surface area contributed by atoms with Crippen molar-refractivity contribution in [2.45, 2.75) is 26.3 Å². The summed E-state index contributed by atoms with van der Waals surface area (Å²) in [5, 5.41) is 4.83. The van der Waals surface area contributed by atoms with Gasteiger partial charge in [0.15, 0.2) is 0 Å². The van der Waals surface area contributed by atoms with Gasteiger partial charge in [-0.3, -0.25) is 4.98 Å². The van der Waals surface area contributed by atoms with Gasteiger partial charge in [0.1, 0.15) is 0 Å². The molecular weight excluding hydrogens is 279 g/mol. The molecule has 0 saturated carbocycles. The Bertz CT molecular complexity index is 570. The Kier molecular flexibility index (Phi) is 4.67. The molecule has 1 aromatic carbocycles. The third-order valence-corrected chi connectivity index (χ3v) is 3.68. The quantitative estimate of drug-likeness (QED) is 0.832. The van der Waals surface area contributed by atoms with Gasteiger partial charge in [-0.25, -0.2) is 0 Å². The zero-order valence-corrected chi connectivity index (χ0v) is 12.5. The molecule has 1 aromatic heterocycles. The second-order valence-electron chi connectivity index (χ2n) is 4.46. The van der Waals surface area contributed by atoms with Crippen LogP contribution < -0.4 is 5.32 Å². The highest BCUT2D eigenvalue weighted by Crippen LogP contribution is 2.31. The Hall–Kier alpha value is -1.25. The molecular formula is C15H16Cl2N2. The van der Waals surface area contributed by atoms with Crippen molar-refractivity contribution < 1.29 is 0 Å². The topological polar surface area (TPSA) is 24.9 Å². The summed E-state index contributed by atoms with van der Waals surface area (Å²) in [6, 6.07) is 7.74. The highest BCUT2D eigenvalue weighted by Gasteiger charge is 2.14. The first-order valence-corrected chi connectivity index (χ1v) is 6.99. The van der Waals surface area contributed by atoms with Gasteiger partial charge in [0.2, 0.25) is 0 Å². The number of anilines is 1. The van der Waals surface area contributed by atoms with E-state index < -0.39 is 0 Å². The maximum Gasteiger partial charge on any atom is 0.0561 e. The molecule has 2 aromatic rings. The Morgan fingerprint density at radius 2 is 2.05 bits per heavy atom. The summed E-state index contributed by atoms with van der Waals surface area (Å²) in [5.41, 5.74) is 3.25. The zero-order chi connectivity index (χ0) is 13.8. The molecule has 0 aliphatic carbocycles. The molecule has 0 fully saturated rings. The van der Waals surface area contributed by atoms with Crippen LogP contribution in [0.25, 0.3) is 0 Å². The summed E-state index contributed by atoms with van der Waals surface area (Å²) in [6.07, 6.45) is 4.55. The number of nitrogens with one attached hydrogen (secondary N) is 1. The lowest BCUT2D eigenvalue weighted by Crippen LogP contribution is -2.11. The van der Waals surface area contributed by atoms with Gasteiger partial charge in [0, 0.05) is 16.2 Å². The van der Waals surface area contributed by atoms with Crippen molar-refractivity contribution in [3.63, 3.8) is 0 Å². The van der Waals surface area contributed by atoms with Crippen molar-refractivity contribution in [2.75, 3.05) is 5.32 Å². The van der Waals surface area contributed by atoms with Crippen molar-refractivity contribution in [1.82, 2.24) is 4.98 Å². The average Bonchev–Trinajstić information content (AvgIpc) is 2.39. The molecule has 100 valence electrons. The van der Waals surface area contributed by atoms with Crippen molar-refractivity contribution in [2.24, 2.45) is 0 Å². The third-order valence-electron chi connectivity index (χ3n) is 3.11. The van der Waals surface area contributed by atoms with Gasteiger partial charge in [0.25, 0.3) is 0 Å². The van der Waals surface area contributed by atoms with Crippen LogP contribution in [0.1, 0.15) is 30.5 Å². The van der Waals surface area contributed by atoms with E-state index in [4.69, 9.17) is 23.2 Å². The lowest BCUT2D eigenvalue weighted by molar-refractivity contribution is 0.748. The molecule has 0 bridgehead atoms. The Labute approximate surface area is 123 Å². The molecule has 19 heavy (non-hydrogen) atoms. The van der Waals surface area contributed by atoms with Gasteiger partial charge in [0.05, 0.1) is 17.9 Å². The minimum atomic E-state index is 0.146. The third kappa shape index (κ3) is 3.40. The first-order chi connectivity index (χ1) is 9.11. The van der Waals surface area contributed by atoms with Crippen LogP contribution in [-0.4, -0.2) is 4.98 Å². The van der Waals surface area contributed by atoms with Crippen LogP contribution >= 0.6 is 23.2 Å². The van der Waals surface area contributed by atoms with E-state index in [-0.39, 0.29) is 6.04 Å². The van der Waals surface area contributed by atoms with Crippen LogP contribution in [0.15, 0.2) is 36.7 Å². The fraction of sp³-hybridized carbons (Fsp3) is 0.267.